The molecule has 1 atom stereocenters. The molecule has 136 valence electrons. The summed E-state index contributed by atoms with van der Waals surface area (Å²) in [6.07, 6.45) is 6.07. The number of aromatic nitrogens is 2. The monoisotopic (exact) mass is 343 g/mol. The standard InChI is InChI=1S/C20H29N3O2/c1-15-20(16(2)25-21-15)13-22-10-18(7-9-24-14-17-5-6-17)11-23-8-3-4-19(23)12-22/h3-4,8,17-18H,5-7,9-14H2,1-2H3/t18-/m0/s1. The number of hydrogen-bond donors (Lipinski definition) is 0. The van der Waals surface area contributed by atoms with Crippen molar-refractivity contribution in [3.63, 3.8) is 0 Å². The average molecular weight is 343 g/mol. The highest BCUT2D eigenvalue weighted by molar-refractivity contribution is 5.21. The number of hydrogen-bond acceptors (Lipinski definition) is 4. The van der Waals surface area contributed by atoms with Crippen molar-refractivity contribution in [2.45, 2.75) is 52.7 Å². The third kappa shape index (κ3) is 4.15. The molecule has 0 unspecified atom stereocenters. The van der Waals surface area contributed by atoms with E-state index in [4.69, 9.17) is 9.26 Å². The summed E-state index contributed by atoms with van der Waals surface area (Å²) in [6, 6.07) is 4.40. The summed E-state index contributed by atoms with van der Waals surface area (Å²) in [5.41, 5.74) is 3.65. The average Bonchev–Trinajstić information content (AvgIpc) is 3.29. The smallest absolute Gasteiger partial charge is 0.138 e. The lowest BCUT2D eigenvalue weighted by Gasteiger charge is -2.24. The summed E-state index contributed by atoms with van der Waals surface area (Å²) < 4.78 is 13.7. The maximum absolute atomic E-state index is 5.90. The summed E-state index contributed by atoms with van der Waals surface area (Å²) in [5.74, 6) is 2.41. The Labute approximate surface area is 149 Å². The largest absolute Gasteiger partial charge is 0.381 e. The van der Waals surface area contributed by atoms with E-state index in [-0.39, 0.29) is 0 Å². The van der Waals surface area contributed by atoms with E-state index >= 15 is 0 Å². The van der Waals surface area contributed by atoms with Crippen LogP contribution in [0.2, 0.25) is 0 Å². The molecule has 1 aliphatic heterocycles. The molecule has 5 heteroatoms. The maximum Gasteiger partial charge on any atom is 0.138 e. The summed E-state index contributed by atoms with van der Waals surface area (Å²) in [6.45, 7) is 9.98. The Balaban J connectivity index is 1.41. The van der Waals surface area contributed by atoms with Crippen LogP contribution in [0.3, 0.4) is 0 Å². The molecule has 0 amide bonds. The molecule has 3 heterocycles. The normalized spacial score (nSPS) is 21.3. The summed E-state index contributed by atoms with van der Waals surface area (Å²) in [5, 5.41) is 4.11. The van der Waals surface area contributed by atoms with E-state index in [1.807, 2.05) is 13.8 Å². The van der Waals surface area contributed by atoms with Crippen LogP contribution in [0.5, 0.6) is 0 Å². The first-order valence-electron chi connectivity index (χ1n) is 9.55. The highest BCUT2D eigenvalue weighted by atomic mass is 16.5. The van der Waals surface area contributed by atoms with E-state index in [1.54, 1.807) is 0 Å². The Morgan fingerprint density at radius 1 is 1.24 bits per heavy atom. The number of fused-ring (bicyclic) bond motifs is 1. The topological polar surface area (TPSA) is 43.4 Å². The Morgan fingerprint density at radius 2 is 2.12 bits per heavy atom. The van der Waals surface area contributed by atoms with E-state index < -0.39 is 0 Å². The van der Waals surface area contributed by atoms with Crippen LogP contribution in [0.4, 0.5) is 0 Å². The van der Waals surface area contributed by atoms with Crippen molar-refractivity contribution in [1.82, 2.24) is 14.6 Å². The van der Waals surface area contributed by atoms with Crippen molar-refractivity contribution in [2.24, 2.45) is 11.8 Å². The minimum Gasteiger partial charge on any atom is -0.381 e. The first-order chi connectivity index (χ1) is 12.2. The van der Waals surface area contributed by atoms with Gasteiger partial charge in [-0.15, -0.1) is 0 Å². The fourth-order valence-electron chi connectivity index (χ4n) is 3.80. The van der Waals surface area contributed by atoms with Gasteiger partial charge in [0.2, 0.25) is 0 Å². The zero-order valence-corrected chi connectivity index (χ0v) is 15.4. The Morgan fingerprint density at radius 3 is 2.88 bits per heavy atom. The molecular formula is C20H29N3O2. The molecule has 0 saturated heterocycles. The second kappa shape index (κ2) is 7.34. The number of rotatable bonds is 7. The third-order valence-electron chi connectivity index (χ3n) is 5.56. The Hall–Kier alpha value is -1.59. The van der Waals surface area contributed by atoms with Gasteiger partial charge in [-0.2, -0.15) is 0 Å². The second-order valence-corrected chi connectivity index (χ2v) is 7.80. The van der Waals surface area contributed by atoms with E-state index in [9.17, 15) is 0 Å². The van der Waals surface area contributed by atoms with Crippen LogP contribution in [0, 0.1) is 25.7 Å². The molecule has 5 nitrogen and oxygen atoms in total. The second-order valence-electron chi connectivity index (χ2n) is 7.80. The molecule has 4 rings (SSSR count). The van der Waals surface area contributed by atoms with E-state index in [2.05, 4.69) is 33.0 Å². The molecule has 0 bridgehead atoms. The highest BCUT2D eigenvalue weighted by Crippen LogP contribution is 2.29. The Bertz CT molecular complexity index is 682. The quantitative estimate of drug-likeness (QED) is 0.721. The molecule has 0 radical (unpaired) electrons. The van der Waals surface area contributed by atoms with Gasteiger partial charge < -0.3 is 13.8 Å². The van der Waals surface area contributed by atoms with Gasteiger partial charge in [0.05, 0.1) is 5.69 Å². The van der Waals surface area contributed by atoms with Crippen molar-refractivity contribution in [2.75, 3.05) is 19.8 Å². The first kappa shape index (κ1) is 16.9. The lowest BCUT2D eigenvalue weighted by atomic mass is 10.0. The fraction of sp³-hybridized carbons (Fsp3) is 0.650. The first-order valence-corrected chi connectivity index (χ1v) is 9.55. The van der Waals surface area contributed by atoms with Crippen molar-refractivity contribution in [3.8, 4) is 0 Å². The van der Waals surface area contributed by atoms with Gasteiger partial charge in [-0.25, -0.2) is 0 Å². The molecule has 1 fully saturated rings. The van der Waals surface area contributed by atoms with E-state index in [0.29, 0.717) is 5.92 Å². The van der Waals surface area contributed by atoms with Gasteiger partial charge in [0, 0.05) is 56.8 Å². The molecule has 1 aliphatic carbocycles. The minimum atomic E-state index is 0.619. The number of aryl methyl sites for hydroxylation is 2. The zero-order valence-electron chi connectivity index (χ0n) is 15.4. The third-order valence-corrected chi connectivity index (χ3v) is 5.56. The lowest BCUT2D eigenvalue weighted by Crippen LogP contribution is -2.28. The number of nitrogens with zero attached hydrogens (tertiary/aromatic N) is 3. The Kier molecular flexibility index (Phi) is 4.95. The van der Waals surface area contributed by atoms with Gasteiger partial charge in [0.1, 0.15) is 5.76 Å². The predicted molar refractivity (Wildman–Crippen MR) is 96.2 cm³/mol. The van der Waals surface area contributed by atoms with Gasteiger partial charge in [-0.05, 0) is 57.1 Å². The lowest BCUT2D eigenvalue weighted by molar-refractivity contribution is 0.101. The van der Waals surface area contributed by atoms with Crippen LogP contribution in [-0.2, 0) is 24.4 Å². The van der Waals surface area contributed by atoms with Crippen LogP contribution < -0.4 is 0 Å². The van der Waals surface area contributed by atoms with Crippen LogP contribution in [0.25, 0.3) is 0 Å². The molecule has 2 aromatic rings. The van der Waals surface area contributed by atoms with Crippen LogP contribution in [-0.4, -0.2) is 34.4 Å². The molecule has 0 N–H and O–H groups in total. The van der Waals surface area contributed by atoms with Crippen LogP contribution >= 0.6 is 0 Å². The SMILES string of the molecule is Cc1noc(C)c1CN1Cc2cccn2C[C@@H](CCOCC2CC2)C1. The van der Waals surface area contributed by atoms with E-state index in [1.165, 1.54) is 24.1 Å². The zero-order chi connectivity index (χ0) is 17.2. The predicted octanol–water partition coefficient (Wildman–Crippen LogP) is 3.54. The van der Waals surface area contributed by atoms with Gasteiger partial charge in [0.25, 0.3) is 0 Å². The molecule has 0 aromatic carbocycles. The van der Waals surface area contributed by atoms with Crippen molar-refractivity contribution >= 4 is 0 Å². The fourth-order valence-corrected chi connectivity index (χ4v) is 3.80. The number of ether oxygens (including phenoxy) is 1. The molecule has 25 heavy (non-hydrogen) atoms. The van der Waals surface area contributed by atoms with Crippen molar-refractivity contribution < 1.29 is 9.26 Å². The van der Waals surface area contributed by atoms with Crippen LogP contribution in [0.15, 0.2) is 22.9 Å². The summed E-state index contributed by atoms with van der Waals surface area (Å²) >= 11 is 0. The molecule has 2 aromatic heterocycles. The molecular weight excluding hydrogens is 314 g/mol. The van der Waals surface area contributed by atoms with Crippen molar-refractivity contribution in [1.29, 1.82) is 0 Å². The minimum absolute atomic E-state index is 0.619. The van der Waals surface area contributed by atoms with Gasteiger partial charge >= 0.3 is 0 Å². The molecule has 2 aliphatic rings. The van der Waals surface area contributed by atoms with Crippen LogP contribution in [0.1, 0.15) is 42.0 Å². The van der Waals surface area contributed by atoms with Gasteiger partial charge in [-0.3, -0.25) is 4.90 Å². The molecule has 1 saturated carbocycles. The summed E-state index contributed by atoms with van der Waals surface area (Å²) in [4.78, 5) is 2.54. The van der Waals surface area contributed by atoms with Crippen molar-refractivity contribution in [3.05, 3.63) is 41.0 Å². The highest BCUT2D eigenvalue weighted by Gasteiger charge is 2.24. The van der Waals surface area contributed by atoms with Gasteiger partial charge in [0.15, 0.2) is 0 Å². The van der Waals surface area contributed by atoms with Gasteiger partial charge in [-0.1, -0.05) is 5.16 Å². The molecule has 0 spiro atoms. The maximum atomic E-state index is 5.90. The summed E-state index contributed by atoms with van der Waals surface area (Å²) in [7, 11) is 0. The van der Waals surface area contributed by atoms with E-state index in [0.717, 1.165) is 63.2 Å².